The molecule has 0 aliphatic heterocycles. The third-order valence-corrected chi connectivity index (χ3v) is 4.24. The van der Waals surface area contributed by atoms with Crippen molar-refractivity contribution in [3.8, 4) is 0 Å². The lowest BCUT2D eigenvalue weighted by Crippen LogP contribution is -2.53. The second-order valence-corrected chi connectivity index (χ2v) is 5.26. The predicted molar refractivity (Wildman–Crippen MR) is 53.3 cm³/mol. The van der Waals surface area contributed by atoms with Crippen LogP contribution in [0, 0.1) is 23.2 Å². The van der Waals surface area contributed by atoms with Crippen molar-refractivity contribution >= 4 is 5.78 Å². The molecule has 3 rings (SSSR count). The molecule has 0 spiro atoms. The van der Waals surface area contributed by atoms with Gasteiger partial charge in [0.15, 0.2) is 0 Å². The molecule has 3 unspecified atom stereocenters. The SMILES string of the molecule is CC(=O)C1C=C(C)C2CC1C2(C)C. The van der Waals surface area contributed by atoms with Crippen molar-refractivity contribution in [1.82, 2.24) is 0 Å². The van der Waals surface area contributed by atoms with Crippen molar-refractivity contribution in [2.45, 2.75) is 34.1 Å². The number of ketones is 1. The van der Waals surface area contributed by atoms with Crippen LogP contribution in [0.25, 0.3) is 0 Å². The molecule has 1 saturated carbocycles. The Bertz CT molecular complexity index is 285. The van der Waals surface area contributed by atoms with E-state index in [-0.39, 0.29) is 5.92 Å². The monoisotopic (exact) mass is 178 g/mol. The molecule has 0 aromatic rings. The Labute approximate surface area is 80.2 Å². The minimum Gasteiger partial charge on any atom is -0.299 e. The molecule has 0 aromatic carbocycles. The minimum atomic E-state index is 0.208. The quantitative estimate of drug-likeness (QED) is 0.564. The molecule has 0 heterocycles. The molecule has 13 heavy (non-hydrogen) atoms. The largest absolute Gasteiger partial charge is 0.299 e. The fourth-order valence-electron chi connectivity index (χ4n) is 3.26. The van der Waals surface area contributed by atoms with E-state index in [1.807, 2.05) is 0 Å². The third kappa shape index (κ3) is 1.02. The van der Waals surface area contributed by atoms with Crippen LogP contribution in [0.3, 0.4) is 0 Å². The molecular weight excluding hydrogens is 160 g/mol. The molecule has 0 saturated heterocycles. The van der Waals surface area contributed by atoms with Gasteiger partial charge in [0.1, 0.15) is 5.78 Å². The number of carbonyl (C=O) groups excluding carboxylic acids is 1. The highest BCUT2D eigenvalue weighted by atomic mass is 16.1. The van der Waals surface area contributed by atoms with E-state index in [9.17, 15) is 4.79 Å². The van der Waals surface area contributed by atoms with E-state index < -0.39 is 0 Å². The summed E-state index contributed by atoms with van der Waals surface area (Å²) in [7, 11) is 0. The molecular formula is C12H18O. The first-order valence-corrected chi connectivity index (χ1v) is 5.13. The lowest BCUT2D eigenvalue weighted by molar-refractivity contribution is -0.129. The van der Waals surface area contributed by atoms with Crippen LogP contribution in [0.5, 0.6) is 0 Å². The van der Waals surface area contributed by atoms with E-state index in [2.05, 4.69) is 26.8 Å². The summed E-state index contributed by atoms with van der Waals surface area (Å²) in [5.41, 5.74) is 1.81. The molecule has 0 N–H and O–H groups in total. The molecule has 3 aliphatic rings. The van der Waals surface area contributed by atoms with Gasteiger partial charge in [-0.1, -0.05) is 25.5 Å². The molecule has 1 fully saturated rings. The van der Waals surface area contributed by atoms with Crippen molar-refractivity contribution in [2.24, 2.45) is 23.2 Å². The first-order chi connectivity index (χ1) is 5.94. The average molecular weight is 178 g/mol. The maximum Gasteiger partial charge on any atom is 0.136 e. The smallest absolute Gasteiger partial charge is 0.136 e. The lowest BCUT2D eigenvalue weighted by Gasteiger charge is -2.58. The summed E-state index contributed by atoms with van der Waals surface area (Å²) in [6.07, 6.45) is 3.44. The number of rotatable bonds is 1. The zero-order valence-corrected chi connectivity index (χ0v) is 8.92. The summed E-state index contributed by atoms with van der Waals surface area (Å²) in [6.45, 7) is 8.51. The molecule has 3 aliphatic carbocycles. The summed E-state index contributed by atoms with van der Waals surface area (Å²) in [6, 6.07) is 0. The van der Waals surface area contributed by atoms with E-state index in [0.29, 0.717) is 17.1 Å². The normalized spacial score (nSPS) is 40.6. The van der Waals surface area contributed by atoms with Crippen LogP contribution >= 0.6 is 0 Å². The summed E-state index contributed by atoms with van der Waals surface area (Å²) in [5.74, 6) is 1.90. The Morgan fingerprint density at radius 2 is 2.15 bits per heavy atom. The molecule has 1 heteroatoms. The highest BCUT2D eigenvalue weighted by Gasteiger charge is 2.54. The van der Waals surface area contributed by atoms with Crippen LogP contribution in [0.15, 0.2) is 11.6 Å². The Morgan fingerprint density at radius 3 is 2.54 bits per heavy atom. The first kappa shape index (κ1) is 8.98. The Morgan fingerprint density at radius 1 is 1.54 bits per heavy atom. The molecule has 0 amide bonds. The van der Waals surface area contributed by atoms with Crippen molar-refractivity contribution in [2.75, 3.05) is 0 Å². The molecule has 3 atom stereocenters. The van der Waals surface area contributed by atoms with Gasteiger partial charge in [0.2, 0.25) is 0 Å². The Kier molecular flexibility index (Phi) is 1.70. The topological polar surface area (TPSA) is 17.1 Å². The Balaban J connectivity index is 2.35. The van der Waals surface area contributed by atoms with Crippen LogP contribution < -0.4 is 0 Å². The van der Waals surface area contributed by atoms with Gasteiger partial charge in [0.05, 0.1) is 0 Å². The van der Waals surface area contributed by atoms with Gasteiger partial charge in [-0.25, -0.2) is 0 Å². The average Bonchev–Trinajstić information content (AvgIpc) is 2.02. The molecule has 0 radical (unpaired) electrons. The van der Waals surface area contributed by atoms with E-state index in [4.69, 9.17) is 0 Å². The maximum absolute atomic E-state index is 11.4. The highest BCUT2D eigenvalue weighted by molar-refractivity contribution is 5.81. The second-order valence-electron chi connectivity index (χ2n) is 5.26. The van der Waals surface area contributed by atoms with Crippen LogP contribution in [0.4, 0.5) is 0 Å². The molecule has 2 bridgehead atoms. The summed E-state index contributed by atoms with van der Waals surface area (Å²) in [5, 5.41) is 0. The van der Waals surface area contributed by atoms with Crippen molar-refractivity contribution < 1.29 is 4.79 Å². The molecule has 72 valence electrons. The van der Waals surface area contributed by atoms with E-state index >= 15 is 0 Å². The number of hydrogen-bond acceptors (Lipinski definition) is 1. The summed E-state index contributed by atoms with van der Waals surface area (Å²) < 4.78 is 0. The number of fused-ring (bicyclic) bond motifs is 1. The van der Waals surface area contributed by atoms with Gasteiger partial charge in [-0.15, -0.1) is 0 Å². The van der Waals surface area contributed by atoms with E-state index in [1.165, 1.54) is 12.0 Å². The second kappa shape index (κ2) is 2.46. The number of carbonyl (C=O) groups is 1. The van der Waals surface area contributed by atoms with E-state index in [1.54, 1.807) is 6.92 Å². The standard InChI is InChI=1S/C12H18O/c1-7-5-9(8(2)13)11-6-10(7)12(11,3)4/h5,9-11H,6H2,1-4H3. The number of allylic oxidation sites excluding steroid dienone is 2. The zero-order valence-electron chi connectivity index (χ0n) is 8.92. The van der Waals surface area contributed by atoms with Crippen molar-refractivity contribution in [3.63, 3.8) is 0 Å². The molecule has 0 aromatic heterocycles. The third-order valence-electron chi connectivity index (χ3n) is 4.24. The minimum absolute atomic E-state index is 0.208. The highest BCUT2D eigenvalue weighted by Crippen LogP contribution is 2.61. The number of hydrogen-bond donors (Lipinski definition) is 0. The van der Waals surface area contributed by atoms with Gasteiger partial charge in [-0.2, -0.15) is 0 Å². The summed E-state index contributed by atoms with van der Waals surface area (Å²) in [4.78, 5) is 11.4. The van der Waals surface area contributed by atoms with Gasteiger partial charge >= 0.3 is 0 Å². The van der Waals surface area contributed by atoms with E-state index in [0.717, 1.165) is 5.92 Å². The van der Waals surface area contributed by atoms with Gasteiger partial charge < -0.3 is 0 Å². The maximum atomic E-state index is 11.4. The van der Waals surface area contributed by atoms with Gasteiger partial charge in [-0.3, -0.25) is 4.79 Å². The van der Waals surface area contributed by atoms with Gasteiger partial charge in [0.25, 0.3) is 0 Å². The number of Topliss-reactive ketones (excluding diaryl/α,β-unsaturated/α-hetero) is 1. The predicted octanol–water partition coefficient (Wildman–Crippen LogP) is 2.81. The van der Waals surface area contributed by atoms with Crippen LogP contribution in [0.1, 0.15) is 34.1 Å². The van der Waals surface area contributed by atoms with Crippen molar-refractivity contribution in [3.05, 3.63) is 11.6 Å². The summed E-state index contributed by atoms with van der Waals surface area (Å²) >= 11 is 0. The fraction of sp³-hybridized carbons (Fsp3) is 0.750. The van der Waals surface area contributed by atoms with Crippen LogP contribution in [0.2, 0.25) is 0 Å². The van der Waals surface area contributed by atoms with Crippen LogP contribution in [-0.4, -0.2) is 5.78 Å². The van der Waals surface area contributed by atoms with Gasteiger partial charge in [0, 0.05) is 5.92 Å². The van der Waals surface area contributed by atoms with Crippen LogP contribution in [-0.2, 0) is 4.79 Å². The Hall–Kier alpha value is -0.590. The van der Waals surface area contributed by atoms with Gasteiger partial charge in [-0.05, 0) is 37.5 Å². The first-order valence-electron chi connectivity index (χ1n) is 5.13. The van der Waals surface area contributed by atoms with Crippen molar-refractivity contribution in [1.29, 1.82) is 0 Å². The lowest BCUT2D eigenvalue weighted by atomic mass is 9.46. The molecule has 1 nitrogen and oxygen atoms in total. The zero-order chi connectivity index (χ0) is 9.80. The fourth-order valence-corrected chi connectivity index (χ4v) is 3.26.